The van der Waals surface area contributed by atoms with Crippen molar-refractivity contribution in [2.24, 2.45) is 12.8 Å². The molecule has 6 heteroatoms. The zero-order valence-electron chi connectivity index (χ0n) is 9.68. The monoisotopic (exact) mass is 245 g/mol. The highest BCUT2D eigenvalue weighted by Gasteiger charge is 2.19. The zero-order valence-corrected chi connectivity index (χ0v) is 10.5. The molecule has 16 heavy (non-hydrogen) atoms. The van der Waals surface area contributed by atoms with Crippen LogP contribution in [0, 0.1) is 0 Å². The number of nitrogens with one attached hydrogen (secondary N) is 1. The van der Waals surface area contributed by atoms with E-state index in [2.05, 4.69) is 4.72 Å². The molecule has 1 rings (SSSR count). The third-order valence-electron chi connectivity index (χ3n) is 2.36. The standard InChI is InChI=1S/C10H19N3O2S/c1-3-4-9(7-11)12-16(14,15)10-5-6-13(2)8-10/h5-6,8-9,12H,3-4,7,11H2,1-2H3. The van der Waals surface area contributed by atoms with Gasteiger partial charge in [0.25, 0.3) is 0 Å². The van der Waals surface area contributed by atoms with E-state index in [9.17, 15) is 8.42 Å². The Bertz CT molecular complexity index is 425. The molecule has 5 nitrogen and oxygen atoms in total. The molecule has 3 N–H and O–H groups in total. The summed E-state index contributed by atoms with van der Waals surface area (Å²) in [5.74, 6) is 0. The topological polar surface area (TPSA) is 77.1 Å². The number of nitrogens with two attached hydrogens (primary N) is 1. The summed E-state index contributed by atoms with van der Waals surface area (Å²) in [6, 6.07) is 1.39. The van der Waals surface area contributed by atoms with Crippen LogP contribution in [-0.4, -0.2) is 25.6 Å². The molecule has 0 radical (unpaired) electrons. The van der Waals surface area contributed by atoms with Gasteiger partial charge in [0.1, 0.15) is 0 Å². The van der Waals surface area contributed by atoms with Crippen molar-refractivity contribution in [3.05, 3.63) is 18.5 Å². The largest absolute Gasteiger partial charge is 0.356 e. The summed E-state index contributed by atoms with van der Waals surface area (Å²) in [5.41, 5.74) is 5.52. The molecule has 0 amide bonds. The van der Waals surface area contributed by atoms with E-state index in [-0.39, 0.29) is 10.9 Å². The summed E-state index contributed by atoms with van der Waals surface area (Å²) in [5, 5.41) is 0. The van der Waals surface area contributed by atoms with Gasteiger partial charge in [-0.05, 0) is 12.5 Å². The maximum Gasteiger partial charge on any atom is 0.242 e. The Balaban J connectivity index is 2.78. The smallest absolute Gasteiger partial charge is 0.242 e. The number of sulfonamides is 1. The molecule has 0 bridgehead atoms. The van der Waals surface area contributed by atoms with E-state index in [0.29, 0.717) is 6.54 Å². The Hall–Kier alpha value is -0.850. The predicted octanol–water partition coefficient (Wildman–Crippen LogP) is 0.431. The molecule has 92 valence electrons. The van der Waals surface area contributed by atoms with Crippen LogP contribution in [0.25, 0.3) is 0 Å². The first-order valence-electron chi connectivity index (χ1n) is 5.34. The maximum atomic E-state index is 11.9. The highest BCUT2D eigenvalue weighted by Crippen LogP contribution is 2.10. The summed E-state index contributed by atoms with van der Waals surface area (Å²) in [6.45, 7) is 2.32. The molecule has 0 saturated carbocycles. The molecule has 1 heterocycles. The lowest BCUT2D eigenvalue weighted by Gasteiger charge is -2.15. The van der Waals surface area contributed by atoms with Crippen LogP contribution < -0.4 is 10.5 Å². The van der Waals surface area contributed by atoms with Crippen molar-refractivity contribution >= 4 is 10.0 Å². The number of hydrogen-bond donors (Lipinski definition) is 2. The van der Waals surface area contributed by atoms with Gasteiger partial charge in [-0.2, -0.15) is 0 Å². The third-order valence-corrected chi connectivity index (χ3v) is 3.86. The average Bonchev–Trinajstić information content (AvgIpc) is 2.64. The molecular formula is C10H19N3O2S. The summed E-state index contributed by atoms with van der Waals surface area (Å²) in [7, 11) is -1.64. The molecule has 1 aromatic rings. The Morgan fingerprint density at radius 3 is 2.69 bits per heavy atom. The van der Waals surface area contributed by atoms with Gasteiger partial charge in [-0.25, -0.2) is 13.1 Å². The van der Waals surface area contributed by atoms with Crippen LogP contribution in [0.1, 0.15) is 19.8 Å². The van der Waals surface area contributed by atoms with Gasteiger partial charge in [-0.15, -0.1) is 0 Å². The predicted molar refractivity (Wildman–Crippen MR) is 63.5 cm³/mol. The first kappa shape index (κ1) is 13.2. The van der Waals surface area contributed by atoms with Crippen molar-refractivity contribution in [3.8, 4) is 0 Å². The Morgan fingerprint density at radius 1 is 1.56 bits per heavy atom. The quantitative estimate of drug-likeness (QED) is 0.763. The molecule has 1 atom stereocenters. The van der Waals surface area contributed by atoms with Crippen LogP contribution >= 0.6 is 0 Å². The average molecular weight is 245 g/mol. The highest BCUT2D eigenvalue weighted by atomic mass is 32.2. The van der Waals surface area contributed by atoms with E-state index in [4.69, 9.17) is 5.73 Å². The van der Waals surface area contributed by atoms with Crippen molar-refractivity contribution in [2.45, 2.75) is 30.7 Å². The van der Waals surface area contributed by atoms with Crippen molar-refractivity contribution in [3.63, 3.8) is 0 Å². The van der Waals surface area contributed by atoms with E-state index in [1.165, 1.54) is 0 Å². The van der Waals surface area contributed by atoms with Crippen LogP contribution in [-0.2, 0) is 17.1 Å². The van der Waals surface area contributed by atoms with Crippen molar-refractivity contribution in [2.75, 3.05) is 6.54 Å². The van der Waals surface area contributed by atoms with E-state index in [1.807, 2.05) is 6.92 Å². The van der Waals surface area contributed by atoms with Gasteiger partial charge < -0.3 is 10.3 Å². The van der Waals surface area contributed by atoms with Gasteiger partial charge in [-0.1, -0.05) is 13.3 Å². The molecule has 0 fully saturated rings. The lowest BCUT2D eigenvalue weighted by atomic mass is 10.2. The molecule has 0 saturated heterocycles. The molecule has 1 aromatic heterocycles. The molecule has 0 aromatic carbocycles. The SMILES string of the molecule is CCCC(CN)NS(=O)(=O)c1ccn(C)c1. The molecule has 0 aliphatic heterocycles. The summed E-state index contributed by atoms with van der Waals surface area (Å²) in [6.07, 6.45) is 4.93. The fraction of sp³-hybridized carbons (Fsp3) is 0.600. The van der Waals surface area contributed by atoms with E-state index >= 15 is 0 Å². The highest BCUT2D eigenvalue weighted by molar-refractivity contribution is 7.89. The number of nitrogens with zero attached hydrogens (tertiary/aromatic N) is 1. The van der Waals surface area contributed by atoms with Gasteiger partial charge in [0, 0.05) is 32.0 Å². The van der Waals surface area contributed by atoms with Crippen molar-refractivity contribution in [1.82, 2.24) is 9.29 Å². The van der Waals surface area contributed by atoms with Gasteiger partial charge in [-0.3, -0.25) is 0 Å². The molecule has 0 aliphatic rings. The van der Waals surface area contributed by atoms with Crippen LogP contribution in [0.3, 0.4) is 0 Å². The zero-order chi connectivity index (χ0) is 12.2. The third kappa shape index (κ3) is 3.33. The molecule has 0 aliphatic carbocycles. The minimum absolute atomic E-state index is 0.185. The minimum atomic E-state index is -3.42. The molecule has 0 spiro atoms. The van der Waals surface area contributed by atoms with Gasteiger partial charge in [0.05, 0.1) is 4.90 Å². The van der Waals surface area contributed by atoms with Crippen molar-refractivity contribution < 1.29 is 8.42 Å². The fourth-order valence-corrected chi connectivity index (χ4v) is 2.83. The van der Waals surface area contributed by atoms with E-state index in [0.717, 1.165) is 12.8 Å². The summed E-state index contributed by atoms with van der Waals surface area (Å²) < 4.78 is 28.1. The number of rotatable bonds is 6. The second-order valence-corrected chi connectivity index (χ2v) is 5.57. The maximum absolute atomic E-state index is 11.9. The molecule has 1 unspecified atom stereocenters. The molecular weight excluding hydrogens is 226 g/mol. The lowest BCUT2D eigenvalue weighted by molar-refractivity contribution is 0.527. The Labute approximate surface area is 96.7 Å². The van der Waals surface area contributed by atoms with Crippen LogP contribution in [0.5, 0.6) is 0 Å². The fourth-order valence-electron chi connectivity index (χ4n) is 1.50. The first-order valence-corrected chi connectivity index (χ1v) is 6.82. The normalized spacial score (nSPS) is 13.9. The van der Waals surface area contributed by atoms with Crippen LogP contribution in [0.4, 0.5) is 0 Å². The van der Waals surface area contributed by atoms with E-state index in [1.54, 1.807) is 30.1 Å². The van der Waals surface area contributed by atoms with Gasteiger partial charge in [0.2, 0.25) is 10.0 Å². The second kappa shape index (κ2) is 5.47. The van der Waals surface area contributed by atoms with Gasteiger partial charge >= 0.3 is 0 Å². The van der Waals surface area contributed by atoms with Gasteiger partial charge in [0.15, 0.2) is 0 Å². The Kier molecular flexibility index (Phi) is 4.52. The summed E-state index contributed by atoms with van der Waals surface area (Å²) in [4.78, 5) is 0.282. The second-order valence-electron chi connectivity index (χ2n) is 3.86. The first-order chi connectivity index (χ1) is 7.49. The Morgan fingerprint density at radius 2 is 2.25 bits per heavy atom. The lowest BCUT2D eigenvalue weighted by Crippen LogP contribution is -2.39. The minimum Gasteiger partial charge on any atom is -0.356 e. The number of aryl methyl sites for hydroxylation is 1. The number of hydrogen-bond acceptors (Lipinski definition) is 3. The van der Waals surface area contributed by atoms with Crippen molar-refractivity contribution in [1.29, 1.82) is 0 Å². The van der Waals surface area contributed by atoms with Crippen LogP contribution in [0.15, 0.2) is 23.4 Å². The number of aromatic nitrogens is 1. The van der Waals surface area contributed by atoms with Crippen LogP contribution in [0.2, 0.25) is 0 Å². The summed E-state index contributed by atoms with van der Waals surface area (Å²) >= 11 is 0. The van der Waals surface area contributed by atoms with E-state index < -0.39 is 10.0 Å².